The van der Waals surface area contributed by atoms with Gasteiger partial charge in [-0.25, -0.2) is 19.2 Å². The van der Waals surface area contributed by atoms with Crippen LogP contribution in [0.5, 0.6) is 0 Å². The quantitative estimate of drug-likeness (QED) is 0.310. The number of halogens is 6. The summed E-state index contributed by atoms with van der Waals surface area (Å²) in [6.07, 6.45) is -3.49. The SMILES string of the molecule is CCC(Nc1ncc(C(=O)Nc2nc(-c3ccc(F)c(C(F)(F)F)c3)c(Cl)s2)cc1Cl)C(=O)O. The Labute approximate surface area is 203 Å². The van der Waals surface area contributed by atoms with Crippen molar-refractivity contribution in [2.45, 2.75) is 25.6 Å². The Morgan fingerprint density at radius 1 is 1.24 bits per heavy atom. The number of carbonyl (C=O) groups is 2. The van der Waals surface area contributed by atoms with Gasteiger partial charge in [0, 0.05) is 11.8 Å². The number of aromatic nitrogens is 2. The number of carbonyl (C=O) groups excluding carboxylic acids is 1. The van der Waals surface area contributed by atoms with Crippen LogP contribution in [0, 0.1) is 5.82 Å². The Morgan fingerprint density at radius 2 is 1.94 bits per heavy atom. The number of nitrogens with zero attached hydrogens (tertiary/aromatic N) is 2. The summed E-state index contributed by atoms with van der Waals surface area (Å²) < 4.78 is 52.5. The number of hydrogen-bond donors (Lipinski definition) is 3. The molecule has 180 valence electrons. The van der Waals surface area contributed by atoms with E-state index in [2.05, 4.69) is 20.6 Å². The van der Waals surface area contributed by atoms with Crippen molar-refractivity contribution in [3.05, 3.63) is 56.8 Å². The molecule has 14 heteroatoms. The van der Waals surface area contributed by atoms with Crippen LogP contribution >= 0.6 is 34.5 Å². The Morgan fingerprint density at radius 3 is 2.53 bits per heavy atom. The molecule has 0 aliphatic carbocycles. The minimum absolute atomic E-state index is 0.00352. The predicted octanol–water partition coefficient (Wildman–Crippen LogP) is 6.20. The molecule has 3 aromatic rings. The summed E-state index contributed by atoms with van der Waals surface area (Å²) in [5.74, 6) is -3.16. The molecule has 1 amide bonds. The summed E-state index contributed by atoms with van der Waals surface area (Å²) in [6, 6.07) is 2.66. The third-order valence-electron chi connectivity index (χ3n) is 4.47. The van der Waals surface area contributed by atoms with Crippen LogP contribution in [0.2, 0.25) is 9.36 Å². The molecule has 7 nitrogen and oxygen atoms in total. The molecule has 0 saturated heterocycles. The van der Waals surface area contributed by atoms with E-state index in [-0.39, 0.29) is 43.6 Å². The largest absolute Gasteiger partial charge is 0.480 e. The second-order valence-electron chi connectivity index (χ2n) is 6.79. The van der Waals surface area contributed by atoms with Crippen molar-refractivity contribution in [1.82, 2.24) is 9.97 Å². The average Bonchev–Trinajstić information content (AvgIpc) is 3.11. The van der Waals surface area contributed by atoms with Gasteiger partial charge in [0.1, 0.15) is 27.7 Å². The molecule has 1 aromatic carbocycles. The molecule has 0 bridgehead atoms. The van der Waals surface area contributed by atoms with Gasteiger partial charge in [-0.15, -0.1) is 0 Å². The minimum atomic E-state index is -4.91. The lowest BCUT2D eigenvalue weighted by Crippen LogP contribution is -2.29. The van der Waals surface area contributed by atoms with Gasteiger partial charge in [0.2, 0.25) is 0 Å². The van der Waals surface area contributed by atoms with Crippen molar-refractivity contribution in [1.29, 1.82) is 0 Å². The smallest absolute Gasteiger partial charge is 0.419 e. The first-order chi connectivity index (χ1) is 15.9. The normalized spacial score (nSPS) is 12.3. The molecule has 1 atom stereocenters. The average molecular weight is 537 g/mol. The Hall–Kier alpha value is -2.96. The lowest BCUT2D eigenvalue weighted by molar-refractivity contribution is -0.140. The molecule has 3 N–H and O–H groups in total. The number of carboxylic acids is 1. The zero-order valence-corrected chi connectivity index (χ0v) is 19.3. The lowest BCUT2D eigenvalue weighted by Gasteiger charge is -2.14. The molecule has 3 rings (SSSR count). The molecule has 2 aromatic heterocycles. The maximum Gasteiger partial charge on any atom is 0.419 e. The van der Waals surface area contributed by atoms with Crippen molar-refractivity contribution in [3.63, 3.8) is 0 Å². The number of rotatable bonds is 7. The topological polar surface area (TPSA) is 104 Å². The second kappa shape index (κ2) is 10.1. The van der Waals surface area contributed by atoms with Gasteiger partial charge in [-0.1, -0.05) is 41.5 Å². The van der Waals surface area contributed by atoms with Crippen molar-refractivity contribution in [2.75, 3.05) is 10.6 Å². The first-order valence-corrected chi connectivity index (χ1v) is 11.0. The van der Waals surface area contributed by atoms with Gasteiger partial charge in [-0.3, -0.25) is 10.1 Å². The number of nitrogens with one attached hydrogen (secondary N) is 2. The molecule has 0 aliphatic rings. The van der Waals surface area contributed by atoms with Crippen LogP contribution in [0.15, 0.2) is 30.5 Å². The number of thiazole rings is 1. The minimum Gasteiger partial charge on any atom is -0.480 e. The van der Waals surface area contributed by atoms with Gasteiger partial charge < -0.3 is 10.4 Å². The van der Waals surface area contributed by atoms with Crippen molar-refractivity contribution >= 4 is 57.4 Å². The third-order valence-corrected chi connectivity index (χ3v) is 5.93. The van der Waals surface area contributed by atoms with Gasteiger partial charge in [0.05, 0.1) is 16.1 Å². The number of pyridine rings is 1. The summed E-state index contributed by atoms with van der Waals surface area (Å²) in [5, 5.41) is 14.2. The summed E-state index contributed by atoms with van der Waals surface area (Å²) in [4.78, 5) is 31.7. The van der Waals surface area contributed by atoms with E-state index in [0.29, 0.717) is 12.1 Å². The molecule has 2 heterocycles. The summed E-state index contributed by atoms with van der Waals surface area (Å²) in [7, 11) is 0. The number of hydrogen-bond acceptors (Lipinski definition) is 6. The van der Waals surface area contributed by atoms with Gasteiger partial charge >= 0.3 is 12.1 Å². The number of anilines is 2. The molecular formula is C20H14Cl2F4N4O3S. The number of benzene rings is 1. The van der Waals surface area contributed by atoms with Crippen LogP contribution in [-0.4, -0.2) is 33.0 Å². The van der Waals surface area contributed by atoms with E-state index in [1.54, 1.807) is 6.92 Å². The van der Waals surface area contributed by atoms with E-state index in [9.17, 15) is 27.2 Å². The van der Waals surface area contributed by atoms with Crippen molar-refractivity contribution in [2.24, 2.45) is 0 Å². The Bertz CT molecular complexity index is 1250. The molecule has 0 radical (unpaired) electrons. The molecular weight excluding hydrogens is 523 g/mol. The molecule has 0 saturated carbocycles. The number of carboxylic acid groups (broad SMARTS) is 1. The fourth-order valence-corrected chi connectivity index (χ4v) is 4.07. The van der Waals surface area contributed by atoms with Gasteiger partial charge in [-0.2, -0.15) is 13.2 Å². The van der Waals surface area contributed by atoms with Gasteiger partial charge in [0.15, 0.2) is 5.13 Å². The molecule has 0 spiro atoms. The second-order valence-corrected chi connectivity index (χ2v) is 8.79. The van der Waals surface area contributed by atoms with Crippen LogP contribution in [0.4, 0.5) is 28.5 Å². The van der Waals surface area contributed by atoms with E-state index in [0.717, 1.165) is 23.6 Å². The standard InChI is InChI=1S/C20H14Cl2F4N4O3S/c1-2-13(18(32)33)28-16-11(21)6-9(7-27-16)17(31)30-19-29-14(15(22)34-19)8-3-4-12(23)10(5-8)20(24,25)26/h3-7,13H,2H2,1H3,(H,27,28)(H,32,33)(H,29,30,31). The molecule has 0 fully saturated rings. The predicted molar refractivity (Wildman–Crippen MR) is 120 cm³/mol. The highest BCUT2D eigenvalue weighted by Crippen LogP contribution is 2.39. The van der Waals surface area contributed by atoms with Gasteiger partial charge in [0.25, 0.3) is 5.91 Å². The maximum absolute atomic E-state index is 13.6. The fraction of sp³-hybridized carbons (Fsp3) is 0.200. The number of amides is 1. The van der Waals surface area contributed by atoms with E-state index in [4.69, 9.17) is 28.3 Å². The zero-order valence-electron chi connectivity index (χ0n) is 17.0. The third kappa shape index (κ3) is 5.75. The Kier molecular flexibility index (Phi) is 7.64. The number of aliphatic carboxylic acids is 1. The first kappa shape index (κ1) is 25.7. The van der Waals surface area contributed by atoms with Crippen LogP contribution < -0.4 is 10.6 Å². The van der Waals surface area contributed by atoms with E-state index >= 15 is 0 Å². The van der Waals surface area contributed by atoms with Crippen LogP contribution in [-0.2, 0) is 11.0 Å². The van der Waals surface area contributed by atoms with E-state index in [1.807, 2.05) is 0 Å². The lowest BCUT2D eigenvalue weighted by atomic mass is 10.1. The number of alkyl halides is 3. The van der Waals surface area contributed by atoms with E-state index in [1.165, 1.54) is 6.07 Å². The van der Waals surface area contributed by atoms with E-state index < -0.39 is 35.5 Å². The van der Waals surface area contributed by atoms with Crippen LogP contribution in [0.25, 0.3) is 11.3 Å². The zero-order chi connectivity index (χ0) is 25.2. The highest BCUT2D eigenvalue weighted by molar-refractivity contribution is 7.20. The van der Waals surface area contributed by atoms with Crippen molar-refractivity contribution < 1.29 is 32.3 Å². The Balaban J connectivity index is 1.80. The molecule has 1 unspecified atom stereocenters. The molecule has 34 heavy (non-hydrogen) atoms. The maximum atomic E-state index is 13.6. The van der Waals surface area contributed by atoms with Crippen molar-refractivity contribution in [3.8, 4) is 11.3 Å². The summed E-state index contributed by atoms with van der Waals surface area (Å²) in [5.41, 5.74) is -1.61. The highest BCUT2D eigenvalue weighted by atomic mass is 35.5. The summed E-state index contributed by atoms with van der Waals surface area (Å²) in [6.45, 7) is 1.66. The van der Waals surface area contributed by atoms with Crippen LogP contribution in [0.1, 0.15) is 29.3 Å². The van der Waals surface area contributed by atoms with Gasteiger partial charge in [-0.05, 0) is 30.7 Å². The summed E-state index contributed by atoms with van der Waals surface area (Å²) >= 11 is 13.0. The monoisotopic (exact) mass is 536 g/mol. The molecule has 0 aliphatic heterocycles. The fourth-order valence-electron chi connectivity index (χ4n) is 2.76. The van der Waals surface area contributed by atoms with Crippen LogP contribution in [0.3, 0.4) is 0 Å². The highest BCUT2D eigenvalue weighted by Gasteiger charge is 2.34. The first-order valence-electron chi connectivity index (χ1n) is 9.40.